The molecule has 0 spiro atoms. The van der Waals surface area contributed by atoms with Gasteiger partial charge in [0.1, 0.15) is 65.5 Å². The molecule has 3 saturated heterocycles. The molecule has 77 heavy (non-hydrogen) atoms. The lowest BCUT2D eigenvalue weighted by atomic mass is 10.1. The van der Waals surface area contributed by atoms with Crippen molar-refractivity contribution in [2.24, 2.45) is 0 Å². The predicted octanol–water partition coefficient (Wildman–Crippen LogP) is 7.84. The van der Waals surface area contributed by atoms with E-state index in [1.807, 2.05) is 0 Å². The van der Waals surface area contributed by atoms with Gasteiger partial charge in [-0.15, -0.1) is 0 Å². The smallest absolute Gasteiger partial charge is 0.389 e. The number of hydrogen-bond acceptors (Lipinski definition) is 22. The number of ether oxygens (including phenoxy) is 6. The van der Waals surface area contributed by atoms with Crippen molar-refractivity contribution in [2.45, 2.75) is 61.0 Å². The number of hydrogen-bond donors (Lipinski definition) is 2. The normalized spacial score (nSPS) is 25.4. The number of esters is 2. The summed E-state index contributed by atoms with van der Waals surface area (Å²) in [6, 6.07) is 26.7. The first kappa shape index (κ1) is 53.7. The molecule has 0 amide bonds. The molecule has 3 N–H and O–H groups in total. The fourth-order valence-corrected chi connectivity index (χ4v) is 15.1. The van der Waals surface area contributed by atoms with E-state index in [0.29, 0.717) is 45.1 Å². The number of anilines is 1. The van der Waals surface area contributed by atoms with Crippen LogP contribution in [0.3, 0.4) is 0 Å². The van der Waals surface area contributed by atoms with Crippen molar-refractivity contribution in [1.82, 2.24) is 29.1 Å². The molecule has 0 saturated carbocycles. The number of H-pyrrole nitrogens is 1. The molecule has 23 nitrogen and oxygen atoms in total. The van der Waals surface area contributed by atoms with E-state index in [1.165, 1.54) is 37.6 Å². The van der Waals surface area contributed by atoms with Gasteiger partial charge in [0.15, 0.2) is 23.9 Å². The Morgan fingerprint density at radius 1 is 0.701 bits per heavy atom. The molecule has 0 radical (unpaired) electrons. The Bertz CT molecular complexity index is 3490. The molecular weight excluding hydrogens is 1090 g/mol. The lowest BCUT2D eigenvalue weighted by molar-refractivity contribution is -0.0552. The van der Waals surface area contributed by atoms with Crippen LogP contribution in [0.2, 0.25) is 0 Å². The average molecular weight is 1130 g/mol. The highest BCUT2D eigenvalue weighted by molar-refractivity contribution is 8.55. The van der Waals surface area contributed by atoms with Crippen LogP contribution >= 0.6 is 36.4 Å². The molecular formula is C49H46FN7O16P2S2. The molecule has 3 unspecified atom stereocenters. The minimum absolute atomic E-state index is 0.00142. The van der Waals surface area contributed by atoms with Gasteiger partial charge in [-0.05, 0) is 107 Å². The number of benzene rings is 4. The van der Waals surface area contributed by atoms with Crippen LogP contribution in [0.1, 0.15) is 50.7 Å². The second-order valence-corrected chi connectivity index (χ2v) is 25.3. The molecule has 3 fully saturated rings. The lowest BCUT2D eigenvalue weighted by Gasteiger charge is -2.30. The predicted molar refractivity (Wildman–Crippen MR) is 277 cm³/mol. The van der Waals surface area contributed by atoms with Crippen molar-refractivity contribution >= 4 is 65.3 Å². The van der Waals surface area contributed by atoms with Crippen LogP contribution in [0.5, 0.6) is 23.0 Å². The quantitative estimate of drug-likeness (QED) is 0.0595. The topological polar surface area (TPSA) is 285 Å². The Labute approximate surface area is 444 Å². The van der Waals surface area contributed by atoms with Gasteiger partial charge in [-0.25, -0.2) is 42.9 Å². The van der Waals surface area contributed by atoms with E-state index < -0.39 is 93.0 Å². The number of rotatable bonds is 14. The minimum Gasteiger partial charge on any atom is -0.497 e. The molecule has 10 rings (SSSR count). The van der Waals surface area contributed by atoms with Gasteiger partial charge in [-0.1, -0.05) is 24.3 Å². The van der Waals surface area contributed by atoms with Gasteiger partial charge in [0, 0.05) is 30.2 Å². The number of carbonyl (C=O) groups excluding carboxylic acids is 2. The molecule has 3 aromatic heterocycles. The van der Waals surface area contributed by atoms with Crippen LogP contribution in [-0.2, 0) is 48.2 Å². The van der Waals surface area contributed by atoms with Crippen LogP contribution in [0.25, 0.3) is 11.2 Å². The Morgan fingerprint density at radius 3 is 1.81 bits per heavy atom. The van der Waals surface area contributed by atoms with Crippen molar-refractivity contribution in [2.75, 3.05) is 33.2 Å². The maximum atomic E-state index is 17.3. The third-order valence-electron chi connectivity index (χ3n) is 12.3. The van der Waals surface area contributed by atoms with E-state index in [0.717, 1.165) is 22.0 Å². The highest BCUT2D eigenvalue weighted by Gasteiger charge is 2.53. The molecule has 6 heterocycles. The maximum Gasteiger partial charge on any atom is 0.389 e. The summed E-state index contributed by atoms with van der Waals surface area (Å²) in [4.78, 5) is 65.4. The number of nitrogens with two attached hydrogens (primary N) is 1. The van der Waals surface area contributed by atoms with Crippen LogP contribution < -0.4 is 35.9 Å². The van der Waals surface area contributed by atoms with Crippen LogP contribution in [0.4, 0.5) is 10.2 Å². The number of carbonyl (C=O) groups is 2. The molecule has 28 heteroatoms. The summed E-state index contributed by atoms with van der Waals surface area (Å²) >= 11 is 1.49. The number of methoxy groups -OCH3 is 2. The van der Waals surface area contributed by atoms with E-state index in [1.54, 1.807) is 97.1 Å². The SMILES string of the molecule is COc1ccc(C(=O)Oc2ccc(CSP3(=O)OC[C@H]4O[C@@H](n5ccc(=O)[nH]c5=O)C[C@H]4OP(=O)(SCc4ccc(OC(=O)c5ccc(OC)cc5)cc4)OC[C@H]4O[C@@H](n5cnc6c(N)ncnc65)C(F)[C@H]4O3)cc2)cc1. The van der Waals surface area contributed by atoms with Gasteiger partial charge in [0.05, 0.1) is 44.9 Å². The van der Waals surface area contributed by atoms with Gasteiger partial charge in [0.25, 0.3) is 5.56 Å². The number of nitrogens with one attached hydrogen (secondary N) is 1. The third-order valence-corrected chi connectivity index (χ3v) is 19.6. The van der Waals surface area contributed by atoms with E-state index in [2.05, 4.69) is 19.9 Å². The number of alkyl halides is 1. The first-order valence-corrected chi connectivity index (χ1v) is 29.7. The largest absolute Gasteiger partial charge is 0.497 e. The number of nitrogen functional groups attached to an aromatic ring is 1. The molecule has 7 aromatic rings. The lowest BCUT2D eigenvalue weighted by Crippen LogP contribution is -2.35. The second kappa shape index (κ2) is 23.1. The number of fused-ring (bicyclic) bond motifs is 3. The summed E-state index contributed by atoms with van der Waals surface area (Å²) in [5, 5.41) is 0. The first-order chi connectivity index (χ1) is 37.1. The zero-order valence-corrected chi connectivity index (χ0v) is 44.0. The molecule has 3 aliphatic rings. The number of aromatic nitrogens is 6. The molecule has 3 aliphatic heterocycles. The Morgan fingerprint density at radius 2 is 1.25 bits per heavy atom. The summed E-state index contributed by atoms with van der Waals surface area (Å²) in [7, 11) is 3.02. The minimum atomic E-state index is -4.54. The van der Waals surface area contributed by atoms with Crippen LogP contribution in [-0.4, -0.2) is 99.0 Å². The standard InChI is InChI=1S/C49H46FN7O16P2S2/c1-64-32-15-7-30(8-16-32)47(59)68-34-11-3-28(4-12-34)24-76-74(62)67-23-38-43(41(50)46(71-38)57-27-54-42-44(51)52-26-53-45(42)57)73-75(63,66-22-37-36(72-74)21-40(70-37)56-20-19-39(58)55-49(56)61)77-25-29-5-13-35(14-6-29)69-48(60)31-9-17-33(65-2)18-10-31/h3-20,26-27,36-38,40-41,43,46H,21-25H2,1-2H3,(H2,51,52,53)(H,55,58,61)/t36-,37-,38-,40-,41?,43+,46-,74?,75?/m1/s1. The van der Waals surface area contributed by atoms with E-state index in [9.17, 15) is 19.2 Å². The van der Waals surface area contributed by atoms with E-state index in [-0.39, 0.29) is 46.4 Å². The molecule has 0 bridgehead atoms. The molecule has 9 atom stereocenters. The Hall–Kier alpha value is -6.70. The van der Waals surface area contributed by atoms with Crippen molar-refractivity contribution in [3.05, 3.63) is 165 Å². The maximum absolute atomic E-state index is 17.3. The average Bonchev–Trinajstić information content (AvgIpc) is 4.16. The van der Waals surface area contributed by atoms with Gasteiger partial charge in [0.2, 0.25) is 0 Å². The summed E-state index contributed by atoms with van der Waals surface area (Å²) in [6.07, 6.45) is -6.87. The fraction of sp³-hybridized carbons (Fsp3) is 0.286. The van der Waals surface area contributed by atoms with Crippen molar-refractivity contribution in [3.63, 3.8) is 0 Å². The van der Waals surface area contributed by atoms with Crippen LogP contribution in [0, 0.1) is 0 Å². The number of aromatic amines is 1. The fourth-order valence-electron chi connectivity index (χ4n) is 8.26. The third kappa shape index (κ3) is 12.4. The first-order valence-electron chi connectivity index (χ1n) is 23.4. The van der Waals surface area contributed by atoms with Crippen LogP contribution in [0.15, 0.2) is 132 Å². The van der Waals surface area contributed by atoms with E-state index in [4.69, 9.17) is 52.2 Å². The van der Waals surface area contributed by atoms with Gasteiger partial charge < -0.3 is 34.2 Å². The second-order valence-electron chi connectivity index (χ2n) is 17.2. The summed E-state index contributed by atoms with van der Waals surface area (Å²) in [5.41, 5.74) is 6.62. The van der Waals surface area contributed by atoms with Crippen molar-refractivity contribution in [1.29, 1.82) is 0 Å². The van der Waals surface area contributed by atoms with E-state index >= 15 is 13.5 Å². The Balaban J connectivity index is 0.919. The Kier molecular flexibility index (Phi) is 16.1. The highest BCUT2D eigenvalue weighted by Crippen LogP contribution is 2.67. The van der Waals surface area contributed by atoms with Gasteiger partial charge >= 0.3 is 31.2 Å². The van der Waals surface area contributed by atoms with Gasteiger partial charge in [-0.3, -0.25) is 37.0 Å². The zero-order valence-electron chi connectivity index (χ0n) is 40.6. The number of nitrogens with zero attached hydrogens (tertiary/aromatic N) is 5. The summed E-state index contributed by atoms with van der Waals surface area (Å²) < 4.78 is 109. The zero-order chi connectivity index (χ0) is 53.8. The van der Waals surface area contributed by atoms with Crippen molar-refractivity contribution in [3.8, 4) is 23.0 Å². The van der Waals surface area contributed by atoms with Crippen molar-refractivity contribution < 1.29 is 69.6 Å². The van der Waals surface area contributed by atoms with Gasteiger partial charge in [-0.2, -0.15) is 0 Å². The number of imidazole rings is 1. The molecule has 0 aliphatic carbocycles. The molecule has 4 aromatic carbocycles. The summed E-state index contributed by atoms with van der Waals surface area (Å²) in [6.45, 7) is -10.2. The number of halogens is 1. The monoisotopic (exact) mass is 1130 g/mol. The highest BCUT2D eigenvalue weighted by atomic mass is 32.7. The summed E-state index contributed by atoms with van der Waals surface area (Å²) in [5.74, 6) is 0.358. The molecule has 402 valence electrons.